The third-order valence-corrected chi connectivity index (χ3v) is 3.02. The molecule has 0 spiro atoms. The first-order chi connectivity index (χ1) is 8.06. The summed E-state index contributed by atoms with van der Waals surface area (Å²) >= 11 is 0. The van der Waals surface area contributed by atoms with Gasteiger partial charge in [-0.25, -0.2) is 0 Å². The van der Waals surface area contributed by atoms with Crippen LogP contribution in [0, 0.1) is 0 Å². The smallest absolute Gasteiger partial charge is 0.124 e. The maximum absolute atomic E-state index is 9.64. The van der Waals surface area contributed by atoms with Crippen molar-refractivity contribution < 1.29 is 9.84 Å². The van der Waals surface area contributed by atoms with Crippen LogP contribution < -0.4 is 10.1 Å². The van der Waals surface area contributed by atoms with Gasteiger partial charge in [0.05, 0.1) is 12.2 Å². The van der Waals surface area contributed by atoms with Crippen molar-refractivity contribution in [3.8, 4) is 5.75 Å². The zero-order valence-electron chi connectivity index (χ0n) is 10.6. The molecule has 0 unspecified atom stereocenters. The molecule has 0 radical (unpaired) electrons. The number of benzene rings is 1. The fourth-order valence-electron chi connectivity index (χ4n) is 2.02. The Hall–Kier alpha value is -1.22. The van der Waals surface area contributed by atoms with E-state index in [1.165, 1.54) is 11.3 Å². The average Bonchev–Trinajstić information content (AvgIpc) is 2.28. The van der Waals surface area contributed by atoms with Crippen molar-refractivity contribution in [2.45, 2.75) is 38.7 Å². The van der Waals surface area contributed by atoms with Crippen LogP contribution in [0.2, 0.25) is 0 Å². The van der Waals surface area contributed by atoms with Crippen molar-refractivity contribution >= 4 is 5.69 Å². The van der Waals surface area contributed by atoms with Crippen LogP contribution in [0.3, 0.4) is 0 Å². The standard InChI is InChI=1S/C14H21NO2/c1-14(2,16)8-10-17-13-7-3-6-12-11(13)5-4-9-15-12/h3,6-7,15-16H,4-5,8-10H2,1-2H3. The van der Waals surface area contributed by atoms with Crippen LogP contribution in [-0.4, -0.2) is 23.9 Å². The zero-order valence-corrected chi connectivity index (χ0v) is 10.6. The van der Waals surface area contributed by atoms with Crippen LogP contribution in [0.4, 0.5) is 5.69 Å². The molecule has 1 aromatic rings. The molecule has 0 aliphatic carbocycles. The maximum atomic E-state index is 9.64. The summed E-state index contributed by atoms with van der Waals surface area (Å²) in [4.78, 5) is 0. The van der Waals surface area contributed by atoms with E-state index in [0.717, 1.165) is 25.1 Å². The molecular weight excluding hydrogens is 214 g/mol. The number of ether oxygens (including phenoxy) is 1. The second kappa shape index (κ2) is 4.96. The van der Waals surface area contributed by atoms with E-state index < -0.39 is 5.60 Å². The normalized spacial score (nSPS) is 15.0. The van der Waals surface area contributed by atoms with E-state index in [2.05, 4.69) is 11.4 Å². The van der Waals surface area contributed by atoms with Gasteiger partial charge in [-0.2, -0.15) is 0 Å². The van der Waals surface area contributed by atoms with Gasteiger partial charge in [-0.15, -0.1) is 0 Å². The number of aliphatic hydroxyl groups is 1. The van der Waals surface area contributed by atoms with E-state index in [9.17, 15) is 5.11 Å². The summed E-state index contributed by atoms with van der Waals surface area (Å²) in [6, 6.07) is 6.12. The molecule has 1 aromatic carbocycles. The summed E-state index contributed by atoms with van der Waals surface area (Å²) < 4.78 is 5.78. The Morgan fingerprint density at radius 1 is 1.41 bits per heavy atom. The number of rotatable bonds is 4. The summed E-state index contributed by atoms with van der Waals surface area (Å²) in [5.41, 5.74) is 1.80. The zero-order chi connectivity index (χ0) is 12.3. The number of fused-ring (bicyclic) bond motifs is 1. The highest BCUT2D eigenvalue weighted by molar-refractivity contribution is 5.59. The largest absolute Gasteiger partial charge is 0.493 e. The number of hydrogen-bond donors (Lipinski definition) is 2. The van der Waals surface area contributed by atoms with Crippen molar-refractivity contribution in [2.24, 2.45) is 0 Å². The lowest BCUT2D eigenvalue weighted by molar-refractivity contribution is 0.0552. The molecule has 0 bridgehead atoms. The molecule has 17 heavy (non-hydrogen) atoms. The molecule has 3 nitrogen and oxygen atoms in total. The van der Waals surface area contributed by atoms with Crippen molar-refractivity contribution in [2.75, 3.05) is 18.5 Å². The Morgan fingerprint density at radius 2 is 2.24 bits per heavy atom. The van der Waals surface area contributed by atoms with Crippen LogP contribution >= 0.6 is 0 Å². The quantitative estimate of drug-likeness (QED) is 0.843. The summed E-state index contributed by atoms with van der Waals surface area (Å²) in [6.45, 7) is 5.21. The molecule has 94 valence electrons. The topological polar surface area (TPSA) is 41.5 Å². The molecular formula is C14H21NO2. The minimum Gasteiger partial charge on any atom is -0.493 e. The van der Waals surface area contributed by atoms with Crippen molar-refractivity contribution in [1.29, 1.82) is 0 Å². The Labute approximate surface area is 103 Å². The SMILES string of the molecule is CC(C)(O)CCOc1cccc2c1CCCN2. The lowest BCUT2D eigenvalue weighted by atomic mass is 10.0. The molecule has 3 heteroatoms. The van der Waals surface area contributed by atoms with Gasteiger partial charge in [-0.1, -0.05) is 6.07 Å². The second-order valence-corrected chi connectivity index (χ2v) is 5.22. The lowest BCUT2D eigenvalue weighted by Gasteiger charge is -2.22. The highest BCUT2D eigenvalue weighted by atomic mass is 16.5. The van der Waals surface area contributed by atoms with Gasteiger partial charge in [0, 0.05) is 24.2 Å². The first-order valence-corrected chi connectivity index (χ1v) is 6.27. The first-order valence-electron chi connectivity index (χ1n) is 6.27. The van der Waals surface area contributed by atoms with Crippen LogP contribution in [0.15, 0.2) is 18.2 Å². The van der Waals surface area contributed by atoms with E-state index in [1.807, 2.05) is 12.1 Å². The monoisotopic (exact) mass is 235 g/mol. The molecule has 2 N–H and O–H groups in total. The Bertz CT molecular complexity index is 382. The van der Waals surface area contributed by atoms with Gasteiger partial charge >= 0.3 is 0 Å². The Kier molecular flexibility index (Phi) is 3.57. The molecule has 0 amide bonds. The highest BCUT2D eigenvalue weighted by Gasteiger charge is 2.15. The molecule has 1 aliphatic heterocycles. The van der Waals surface area contributed by atoms with E-state index in [1.54, 1.807) is 13.8 Å². The van der Waals surface area contributed by atoms with E-state index in [-0.39, 0.29) is 0 Å². The van der Waals surface area contributed by atoms with Gasteiger partial charge in [0.1, 0.15) is 5.75 Å². The van der Waals surface area contributed by atoms with Crippen LogP contribution in [0.25, 0.3) is 0 Å². The molecule has 2 rings (SSSR count). The Balaban J connectivity index is 2.01. The highest BCUT2D eigenvalue weighted by Crippen LogP contribution is 2.30. The number of nitrogens with one attached hydrogen (secondary N) is 1. The van der Waals surface area contributed by atoms with E-state index in [0.29, 0.717) is 13.0 Å². The number of anilines is 1. The predicted octanol–water partition coefficient (Wildman–Crippen LogP) is 2.58. The predicted molar refractivity (Wildman–Crippen MR) is 69.7 cm³/mol. The lowest BCUT2D eigenvalue weighted by Crippen LogP contribution is -2.22. The minimum absolute atomic E-state index is 0.556. The average molecular weight is 235 g/mol. The third-order valence-electron chi connectivity index (χ3n) is 3.02. The molecule has 1 aliphatic rings. The molecule has 0 saturated heterocycles. The van der Waals surface area contributed by atoms with Crippen LogP contribution in [0.1, 0.15) is 32.3 Å². The molecule has 0 atom stereocenters. The summed E-state index contributed by atoms with van der Waals surface area (Å²) in [5, 5.41) is 13.0. The van der Waals surface area contributed by atoms with Gasteiger partial charge < -0.3 is 15.2 Å². The van der Waals surface area contributed by atoms with Crippen LogP contribution in [0.5, 0.6) is 5.75 Å². The van der Waals surface area contributed by atoms with Crippen LogP contribution in [-0.2, 0) is 6.42 Å². The van der Waals surface area contributed by atoms with E-state index in [4.69, 9.17) is 4.74 Å². The molecule has 0 aromatic heterocycles. The fraction of sp³-hybridized carbons (Fsp3) is 0.571. The second-order valence-electron chi connectivity index (χ2n) is 5.22. The van der Waals surface area contributed by atoms with Crippen molar-refractivity contribution in [1.82, 2.24) is 0 Å². The van der Waals surface area contributed by atoms with Gasteiger partial charge in [-0.3, -0.25) is 0 Å². The van der Waals surface area contributed by atoms with Gasteiger partial charge in [-0.05, 0) is 38.8 Å². The molecule has 0 fully saturated rings. The minimum atomic E-state index is -0.660. The van der Waals surface area contributed by atoms with Gasteiger partial charge in [0.15, 0.2) is 0 Å². The first kappa shape index (κ1) is 12.2. The Morgan fingerprint density at radius 3 is 3.00 bits per heavy atom. The maximum Gasteiger partial charge on any atom is 0.124 e. The molecule has 0 saturated carbocycles. The van der Waals surface area contributed by atoms with Crippen molar-refractivity contribution in [3.05, 3.63) is 23.8 Å². The van der Waals surface area contributed by atoms with Gasteiger partial charge in [0.2, 0.25) is 0 Å². The summed E-state index contributed by atoms with van der Waals surface area (Å²) in [7, 11) is 0. The fourth-order valence-corrected chi connectivity index (χ4v) is 2.02. The summed E-state index contributed by atoms with van der Waals surface area (Å²) in [5.74, 6) is 0.957. The van der Waals surface area contributed by atoms with Gasteiger partial charge in [0.25, 0.3) is 0 Å². The van der Waals surface area contributed by atoms with E-state index >= 15 is 0 Å². The number of hydrogen-bond acceptors (Lipinski definition) is 3. The molecule has 1 heterocycles. The third kappa shape index (κ3) is 3.37. The van der Waals surface area contributed by atoms with Crippen molar-refractivity contribution in [3.63, 3.8) is 0 Å². The summed E-state index contributed by atoms with van der Waals surface area (Å²) in [6.07, 6.45) is 2.87.